The molecule has 8 unspecified atom stereocenters. The Labute approximate surface area is 311 Å². The van der Waals surface area contributed by atoms with Crippen LogP contribution in [-0.2, 0) is 37.9 Å². The normalized spacial score (nSPS) is 46.8. The summed E-state index contributed by atoms with van der Waals surface area (Å²) in [6.07, 6.45) is -32.2. The van der Waals surface area contributed by atoms with Crippen LogP contribution in [0.2, 0.25) is 0 Å². The lowest BCUT2D eigenvalue weighted by Gasteiger charge is -2.49. The highest BCUT2D eigenvalue weighted by Crippen LogP contribution is 2.35. The molecule has 25 heteroatoms. The van der Waals surface area contributed by atoms with Crippen LogP contribution in [0.3, 0.4) is 0 Å². The van der Waals surface area contributed by atoms with Crippen molar-refractivity contribution in [3.63, 3.8) is 0 Å². The Morgan fingerprint density at radius 1 is 0.582 bits per heavy atom. The first-order valence-electron chi connectivity index (χ1n) is 17.1. The van der Waals surface area contributed by atoms with E-state index in [0.29, 0.717) is 0 Å². The van der Waals surface area contributed by atoms with Crippen LogP contribution in [0.25, 0.3) is 0 Å². The van der Waals surface area contributed by atoms with E-state index < -0.39 is 161 Å². The van der Waals surface area contributed by atoms with Crippen LogP contribution in [0.1, 0.15) is 6.42 Å². The first-order valence-corrected chi connectivity index (χ1v) is 17.1. The van der Waals surface area contributed by atoms with E-state index >= 15 is 0 Å². The van der Waals surface area contributed by atoms with E-state index in [2.05, 4.69) is 21.5 Å². The van der Waals surface area contributed by atoms with Crippen molar-refractivity contribution in [1.82, 2.24) is 5.32 Å². The first kappa shape index (κ1) is 43.7. The zero-order chi connectivity index (χ0) is 40.4. The zero-order valence-electron chi connectivity index (χ0n) is 28.7. The van der Waals surface area contributed by atoms with Crippen molar-refractivity contribution in [2.75, 3.05) is 33.0 Å². The standard InChI is InChI=1S/C30H47N3O22/c1-2-3-30(32-33-30)8-31-29(47)55-24-20(45)23(10(5-35)48-25(24)46)54-28-19(44)16(41)22(12(7-37)51-28)53-27-18(43)15(40)21(11(6-36)50-27)52-26-17(42)14(39)13(38)9(4-34)49-26/h1,9-28,34-46H,3-8H2,(H,31,47)/t9?,10?,11?,12?,13-,14+,15-,16-,17?,18?,19?,20+,21-,22-,23-,24?,25-,26-,27-,28-/m1/s1. The Kier molecular flexibility index (Phi) is 14.7. The number of amides is 1. The van der Waals surface area contributed by atoms with Gasteiger partial charge in [-0.1, -0.05) is 0 Å². The van der Waals surface area contributed by atoms with E-state index in [9.17, 15) is 71.2 Å². The monoisotopic (exact) mass is 801 g/mol. The largest absolute Gasteiger partial charge is 0.438 e. The van der Waals surface area contributed by atoms with Crippen LogP contribution in [0.15, 0.2) is 10.2 Å². The molecule has 0 aliphatic carbocycles. The Bertz CT molecular complexity index is 1330. The fourth-order valence-electron chi connectivity index (χ4n) is 6.48. The number of aliphatic hydroxyl groups is 13. The van der Waals surface area contributed by atoms with Crippen molar-refractivity contribution < 1.29 is 109 Å². The van der Waals surface area contributed by atoms with Gasteiger partial charge in [0, 0.05) is 0 Å². The number of hydrogen-bond acceptors (Lipinski definition) is 24. The summed E-state index contributed by atoms with van der Waals surface area (Å²) >= 11 is 0. The molecule has 0 aromatic rings. The van der Waals surface area contributed by atoms with Gasteiger partial charge in [0.2, 0.25) is 5.66 Å². The van der Waals surface area contributed by atoms with Gasteiger partial charge >= 0.3 is 6.09 Å². The molecular formula is C30H47N3O22. The number of hydrogen-bond donors (Lipinski definition) is 14. The lowest BCUT2D eigenvalue weighted by Crippen LogP contribution is -2.67. The summed E-state index contributed by atoms with van der Waals surface area (Å²) in [5, 5.41) is 145. The van der Waals surface area contributed by atoms with Gasteiger partial charge in [-0.2, -0.15) is 10.2 Å². The minimum atomic E-state index is -2.09. The third kappa shape index (κ3) is 9.35. The molecule has 4 saturated heterocycles. The molecule has 0 bridgehead atoms. The van der Waals surface area contributed by atoms with E-state index in [0.717, 1.165) is 0 Å². The fourth-order valence-corrected chi connectivity index (χ4v) is 6.48. The summed E-state index contributed by atoms with van der Waals surface area (Å²) in [4.78, 5) is 12.5. The summed E-state index contributed by atoms with van der Waals surface area (Å²) < 4.78 is 43.6. The molecule has 5 heterocycles. The number of carbonyl (C=O) groups is 1. The van der Waals surface area contributed by atoms with Crippen LogP contribution in [-0.4, -0.2) is 234 Å². The number of nitrogens with one attached hydrogen (secondary N) is 1. The lowest BCUT2D eigenvalue weighted by molar-refractivity contribution is -0.387. The molecule has 4 fully saturated rings. The fraction of sp³-hybridized carbons (Fsp3) is 0.900. The van der Waals surface area contributed by atoms with Gasteiger partial charge in [-0.15, -0.1) is 12.3 Å². The summed E-state index contributed by atoms with van der Waals surface area (Å²) in [5.74, 6) is 2.35. The molecule has 20 atom stereocenters. The minimum absolute atomic E-state index is 0.0821. The average molecular weight is 802 g/mol. The molecular weight excluding hydrogens is 754 g/mol. The van der Waals surface area contributed by atoms with Gasteiger partial charge in [0.05, 0.1) is 39.4 Å². The number of aliphatic hydroxyl groups excluding tert-OH is 13. The number of rotatable bonds is 14. The molecule has 0 radical (unpaired) electrons. The van der Waals surface area contributed by atoms with Gasteiger partial charge in [0.15, 0.2) is 31.3 Å². The predicted octanol–water partition coefficient (Wildman–Crippen LogP) is -8.83. The second-order valence-electron chi connectivity index (χ2n) is 13.4. The van der Waals surface area contributed by atoms with Crippen molar-refractivity contribution in [3.8, 4) is 12.3 Å². The molecule has 0 aromatic carbocycles. The molecule has 5 aliphatic rings. The molecule has 25 nitrogen and oxygen atoms in total. The quantitative estimate of drug-likeness (QED) is 0.0725. The van der Waals surface area contributed by atoms with Gasteiger partial charge in [0.1, 0.15) is 91.6 Å². The van der Waals surface area contributed by atoms with Crippen LogP contribution in [0.4, 0.5) is 4.79 Å². The molecule has 14 N–H and O–H groups in total. The lowest BCUT2D eigenvalue weighted by atomic mass is 9.95. The number of carbonyl (C=O) groups excluding carboxylic acids is 1. The molecule has 0 spiro atoms. The van der Waals surface area contributed by atoms with E-state index in [1.807, 2.05) is 0 Å². The van der Waals surface area contributed by atoms with Crippen molar-refractivity contribution in [3.05, 3.63) is 0 Å². The summed E-state index contributed by atoms with van der Waals surface area (Å²) in [7, 11) is 0. The molecule has 55 heavy (non-hydrogen) atoms. The average Bonchev–Trinajstić information content (AvgIpc) is 3.95. The van der Waals surface area contributed by atoms with Crippen LogP contribution in [0, 0.1) is 12.3 Å². The maximum atomic E-state index is 12.5. The van der Waals surface area contributed by atoms with E-state index in [4.69, 9.17) is 44.3 Å². The Balaban J connectivity index is 1.22. The van der Waals surface area contributed by atoms with Gasteiger partial charge in [-0.3, -0.25) is 0 Å². The van der Waals surface area contributed by atoms with Gasteiger partial charge in [-0.05, 0) is 0 Å². The highest BCUT2D eigenvalue weighted by Gasteiger charge is 2.55. The highest BCUT2D eigenvalue weighted by molar-refractivity contribution is 5.67. The van der Waals surface area contributed by atoms with Crippen LogP contribution >= 0.6 is 0 Å². The van der Waals surface area contributed by atoms with Crippen LogP contribution < -0.4 is 5.32 Å². The molecule has 0 saturated carbocycles. The van der Waals surface area contributed by atoms with E-state index in [1.165, 1.54) is 0 Å². The second-order valence-corrected chi connectivity index (χ2v) is 13.4. The first-order chi connectivity index (χ1) is 26.1. The zero-order valence-corrected chi connectivity index (χ0v) is 28.7. The predicted molar refractivity (Wildman–Crippen MR) is 167 cm³/mol. The maximum Gasteiger partial charge on any atom is 0.407 e. The summed E-state index contributed by atoms with van der Waals surface area (Å²) in [6, 6.07) is 0. The van der Waals surface area contributed by atoms with Gasteiger partial charge < -0.3 is 110 Å². The SMILES string of the molecule is C#CCC1(CNC(=O)OC2[C@H](O)OC(CO)[C@@H](O[C@H]3OC(CO)[C@@H](O[C@H]4OC(CO)[C@@H](O[C@H]5OC(CO)[C@@H](O)[C@H](O)C5O)[C@H](O)C4O)[C@H](O)C3O)[C@@H]2O)N=N1. The number of alkyl carbamates (subject to hydrolysis) is 1. The van der Waals surface area contributed by atoms with Crippen molar-refractivity contribution in [2.45, 2.75) is 135 Å². The highest BCUT2D eigenvalue weighted by atomic mass is 16.8. The second kappa shape index (κ2) is 18.5. The van der Waals surface area contributed by atoms with Crippen molar-refractivity contribution >= 4 is 6.09 Å². The Morgan fingerprint density at radius 3 is 1.44 bits per heavy atom. The van der Waals surface area contributed by atoms with Crippen molar-refractivity contribution in [1.29, 1.82) is 0 Å². The topological polar surface area (TPSA) is 391 Å². The molecule has 5 rings (SSSR count). The summed E-state index contributed by atoms with van der Waals surface area (Å²) in [6.45, 7) is -3.73. The smallest absolute Gasteiger partial charge is 0.407 e. The van der Waals surface area contributed by atoms with Gasteiger partial charge in [0.25, 0.3) is 0 Å². The maximum absolute atomic E-state index is 12.5. The third-order valence-corrected chi connectivity index (χ3v) is 9.71. The van der Waals surface area contributed by atoms with Crippen LogP contribution in [0.5, 0.6) is 0 Å². The number of terminal acetylenes is 1. The van der Waals surface area contributed by atoms with Gasteiger partial charge in [-0.25, -0.2) is 4.79 Å². The summed E-state index contributed by atoms with van der Waals surface area (Å²) in [5.41, 5.74) is -1.03. The molecule has 1 amide bonds. The third-order valence-electron chi connectivity index (χ3n) is 9.71. The number of ether oxygens (including phenoxy) is 8. The number of nitrogens with zero attached hydrogens (tertiary/aromatic N) is 2. The Hall–Kier alpha value is -2.37. The molecule has 5 aliphatic heterocycles. The van der Waals surface area contributed by atoms with Crippen molar-refractivity contribution in [2.24, 2.45) is 10.2 Å². The molecule has 314 valence electrons. The van der Waals surface area contributed by atoms with E-state index in [1.54, 1.807) is 0 Å². The Morgan fingerprint density at radius 2 is 1.00 bits per heavy atom. The van der Waals surface area contributed by atoms with E-state index in [-0.39, 0.29) is 13.0 Å². The minimum Gasteiger partial charge on any atom is -0.438 e. The molecule has 0 aromatic heterocycles.